The summed E-state index contributed by atoms with van der Waals surface area (Å²) in [4.78, 5) is 12.1. The van der Waals surface area contributed by atoms with Crippen molar-refractivity contribution in [1.82, 2.24) is 5.32 Å². The average molecular weight is 454 g/mol. The first kappa shape index (κ1) is 18.0. The van der Waals surface area contributed by atoms with Crippen molar-refractivity contribution in [2.24, 2.45) is 0 Å². The van der Waals surface area contributed by atoms with Gasteiger partial charge >= 0.3 is 6.03 Å². The monoisotopic (exact) mass is 454 g/mol. The molecule has 3 rings (SSSR count). The van der Waals surface area contributed by atoms with Crippen LogP contribution >= 0.6 is 22.6 Å². The van der Waals surface area contributed by atoms with Gasteiger partial charge in [0.25, 0.3) is 0 Å². The average Bonchev–Trinajstić information content (AvgIpc) is 2.61. The van der Waals surface area contributed by atoms with Gasteiger partial charge in [-0.3, -0.25) is 0 Å². The van der Waals surface area contributed by atoms with Gasteiger partial charge in [-0.15, -0.1) is 0 Å². The molecule has 0 saturated heterocycles. The Labute approximate surface area is 160 Å². The van der Waals surface area contributed by atoms with Crippen molar-refractivity contribution in [2.45, 2.75) is 37.8 Å². The van der Waals surface area contributed by atoms with Crippen LogP contribution in [0.25, 0.3) is 0 Å². The van der Waals surface area contributed by atoms with Crippen molar-refractivity contribution in [2.75, 3.05) is 5.32 Å². The largest absolute Gasteiger partial charge is 0.490 e. The van der Waals surface area contributed by atoms with Crippen LogP contribution in [0, 0.1) is 9.39 Å². The minimum Gasteiger partial charge on any atom is -0.490 e. The molecule has 2 aromatic carbocycles. The zero-order valence-electron chi connectivity index (χ0n) is 13.7. The first-order valence-electron chi connectivity index (χ1n) is 8.34. The molecule has 0 unspecified atom stereocenters. The number of urea groups is 1. The molecule has 0 bridgehead atoms. The first-order chi connectivity index (χ1) is 12.1. The van der Waals surface area contributed by atoms with E-state index >= 15 is 0 Å². The number of benzene rings is 2. The summed E-state index contributed by atoms with van der Waals surface area (Å²) in [6, 6.07) is 13.7. The van der Waals surface area contributed by atoms with Gasteiger partial charge in [-0.2, -0.15) is 0 Å². The SMILES string of the molecule is O=C(Nc1ccc(I)cc1)N[C@H]1CC[C@@H](Oc2ccc(F)cc2)CC1. The maximum atomic E-state index is 12.9. The van der Waals surface area contributed by atoms with E-state index in [1.54, 1.807) is 12.1 Å². The van der Waals surface area contributed by atoms with Gasteiger partial charge < -0.3 is 15.4 Å². The third-order valence-corrected chi connectivity index (χ3v) is 4.95. The smallest absolute Gasteiger partial charge is 0.319 e. The molecule has 1 fully saturated rings. The highest BCUT2D eigenvalue weighted by Crippen LogP contribution is 2.24. The second-order valence-corrected chi connectivity index (χ2v) is 7.40. The fourth-order valence-corrected chi connectivity index (χ4v) is 3.28. The number of amides is 2. The summed E-state index contributed by atoms with van der Waals surface area (Å²) in [6.07, 6.45) is 3.58. The lowest BCUT2D eigenvalue weighted by atomic mass is 9.93. The second-order valence-electron chi connectivity index (χ2n) is 6.15. The van der Waals surface area contributed by atoms with Crippen molar-refractivity contribution in [3.05, 3.63) is 57.9 Å². The Bertz CT molecular complexity index is 698. The molecular weight excluding hydrogens is 434 g/mol. The lowest BCUT2D eigenvalue weighted by molar-refractivity contribution is 0.141. The van der Waals surface area contributed by atoms with Crippen LogP contribution in [0.3, 0.4) is 0 Å². The van der Waals surface area contributed by atoms with Crippen LogP contribution in [0.1, 0.15) is 25.7 Å². The van der Waals surface area contributed by atoms with Gasteiger partial charge in [0, 0.05) is 15.3 Å². The molecule has 0 aliphatic heterocycles. The Morgan fingerprint density at radius 1 is 1.00 bits per heavy atom. The molecule has 0 heterocycles. The quantitative estimate of drug-likeness (QED) is 0.643. The second kappa shape index (κ2) is 8.51. The van der Waals surface area contributed by atoms with Crippen molar-refractivity contribution in [3.8, 4) is 5.75 Å². The number of hydrogen-bond acceptors (Lipinski definition) is 2. The van der Waals surface area contributed by atoms with Crippen molar-refractivity contribution in [3.63, 3.8) is 0 Å². The van der Waals surface area contributed by atoms with Crippen LogP contribution in [-0.2, 0) is 0 Å². The molecule has 0 spiro atoms. The molecule has 1 aliphatic rings. The number of rotatable bonds is 4. The highest BCUT2D eigenvalue weighted by atomic mass is 127. The standard InChI is InChI=1S/C19H20FIN2O2/c20-13-1-9-17(10-2-13)25-18-11-7-16(8-12-18)23-19(24)22-15-5-3-14(21)4-6-15/h1-6,9-10,16,18H,7-8,11-12H2,(H2,22,23,24)/t16-,18+. The Hall–Kier alpha value is -1.83. The fraction of sp³-hybridized carbons (Fsp3) is 0.316. The lowest BCUT2D eigenvalue weighted by Gasteiger charge is -2.29. The zero-order valence-corrected chi connectivity index (χ0v) is 15.8. The van der Waals surface area contributed by atoms with Gasteiger partial charge in [0.1, 0.15) is 11.6 Å². The highest BCUT2D eigenvalue weighted by molar-refractivity contribution is 14.1. The van der Waals surface area contributed by atoms with Gasteiger partial charge in [-0.1, -0.05) is 0 Å². The van der Waals surface area contributed by atoms with E-state index in [1.165, 1.54) is 12.1 Å². The molecule has 0 radical (unpaired) electrons. The normalized spacial score (nSPS) is 19.9. The molecule has 1 saturated carbocycles. The van der Waals surface area contributed by atoms with Gasteiger partial charge in [-0.25, -0.2) is 9.18 Å². The van der Waals surface area contributed by atoms with E-state index in [0.717, 1.165) is 34.9 Å². The van der Waals surface area contributed by atoms with Crippen LogP contribution in [0.5, 0.6) is 5.75 Å². The molecule has 1 aliphatic carbocycles. The maximum Gasteiger partial charge on any atom is 0.319 e. The van der Waals surface area contributed by atoms with Crippen LogP contribution in [-0.4, -0.2) is 18.2 Å². The Kier molecular flexibility index (Phi) is 6.12. The van der Waals surface area contributed by atoms with E-state index in [9.17, 15) is 9.18 Å². The van der Waals surface area contributed by atoms with E-state index in [2.05, 4.69) is 33.2 Å². The van der Waals surface area contributed by atoms with E-state index in [-0.39, 0.29) is 24.0 Å². The predicted molar refractivity (Wildman–Crippen MR) is 104 cm³/mol. The van der Waals surface area contributed by atoms with E-state index in [1.807, 2.05) is 24.3 Å². The summed E-state index contributed by atoms with van der Waals surface area (Å²) in [5.74, 6) is 0.425. The van der Waals surface area contributed by atoms with Crippen molar-refractivity contribution in [1.29, 1.82) is 0 Å². The minimum atomic E-state index is -0.264. The van der Waals surface area contributed by atoms with Gasteiger partial charge in [0.2, 0.25) is 0 Å². The van der Waals surface area contributed by atoms with Gasteiger partial charge in [-0.05, 0) is 96.8 Å². The van der Waals surface area contributed by atoms with Crippen LogP contribution in [0.15, 0.2) is 48.5 Å². The number of carbonyl (C=O) groups excluding carboxylic acids is 1. The molecule has 4 nitrogen and oxygen atoms in total. The Morgan fingerprint density at radius 3 is 2.28 bits per heavy atom. The lowest BCUT2D eigenvalue weighted by Crippen LogP contribution is -2.41. The molecule has 2 amide bonds. The summed E-state index contributed by atoms with van der Waals surface area (Å²) < 4.78 is 19.9. The summed E-state index contributed by atoms with van der Waals surface area (Å²) >= 11 is 2.23. The molecule has 0 atom stereocenters. The predicted octanol–water partition coefficient (Wildman–Crippen LogP) is 4.94. The van der Waals surface area contributed by atoms with Crippen LogP contribution < -0.4 is 15.4 Å². The molecule has 6 heteroatoms. The number of carbonyl (C=O) groups is 1. The number of anilines is 1. The molecular formula is C19H20FIN2O2. The topological polar surface area (TPSA) is 50.4 Å². The Morgan fingerprint density at radius 2 is 1.64 bits per heavy atom. The fourth-order valence-electron chi connectivity index (χ4n) is 2.92. The third kappa shape index (κ3) is 5.59. The maximum absolute atomic E-state index is 12.9. The summed E-state index contributed by atoms with van der Waals surface area (Å²) in [6.45, 7) is 0. The van der Waals surface area contributed by atoms with Gasteiger partial charge in [0.15, 0.2) is 0 Å². The highest BCUT2D eigenvalue weighted by Gasteiger charge is 2.23. The zero-order chi connectivity index (χ0) is 17.6. The first-order valence-corrected chi connectivity index (χ1v) is 9.42. The van der Waals surface area contributed by atoms with E-state index < -0.39 is 0 Å². The molecule has 25 heavy (non-hydrogen) atoms. The summed E-state index contributed by atoms with van der Waals surface area (Å²) in [7, 11) is 0. The molecule has 2 aromatic rings. The van der Waals surface area contributed by atoms with Crippen molar-refractivity contribution < 1.29 is 13.9 Å². The Balaban J connectivity index is 1.42. The van der Waals surface area contributed by atoms with E-state index in [0.29, 0.717) is 5.75 Å². The molecule has 0 aromatic heterocycles. The van der Waals surface area contributed by atoms with Crippen LogP contribution in [0.2, 0.25) is 0 Å². The molecule has 2 N–H and O–H groups in total. The number of nitrogens with one attached hydrogen (secondary N) is 2. The number of hydrogen-bond donors (Lipinski definition) is 2. The van der Waals surface area contributed by atoms with Crippen LogP contribution in [0.4, 0.5) is 14.9 Å². The van der Waals surface area contributed by atoms with Gasteiger partial charge in [0.05, 0.1) is 6.10 Å². The summed E-state index contributed by atoms with van der Waals surface area (Å²) in [5.41, 5.74) is 0.784. The minimum absolute atomic E-state index is 0.114. The summed E-state index contributed by atoms with van der Waals surface area (Å²) in [5, 5.41) is 5.87. The number of halogens is 2. The van der Waals surface area contributed by atoms with E-state index in [4.69, 9.17) is 4.74 Å². The number of ether oxygens (including phenoxy) is 1. The van der Waals surface area contributed by atoms with Crippen molar-refractivity contribution >= 4 is 34.3 Å². The molecule has 132 valence electrons. The third-order valence-electron chi connectivity index (χ3n) is 4.23.